The maximum atomic E-state index is 4.54. The predicted molar refractivity (Wildman–Crippen MR) is 107 cm³/mol. The summed E-state index contributed by atoms with van der Waals surface area (Å²) in [7, 11) is 5.94. The van der Waals surface area contributed by atoms with E-state index in [-0.39, 0.29) is 0 Å². The SMILES string of the molecule is CN=C(NCC(C)Cn1nc(C)cc1C)N(C)Cc1cc(Br)cn1C. The highest BCUT2D eigenvalue weighted by Crippen LogP contribution is 2.15. The van der Waals surface area contributed by atoms with Gasteiger partial charge in [-0.1, -0.05) is 6.92 Å². The van der Waals surface area contributed by atoms with Gasteiger partial charge in [0.15, 0.2) is 5.96 Å². The Bertz CT molecular complexity index is 730. The first kappa shape index (κ1) is 19.6. The molecule has 0 bridgehead atoms. The van der Waals surface area contributed by atoms with Crippen LogP contribution in [0, 0.1) is 19.8 Å². The zero-order valence-corrected chi connectivity index (χ0v) is 17.6. The summed E-state index contributed by atoms with van der Waals surface area (Å²) in [6, 6.07) is 4.25. The van der Waals surface area contributed by atoms with Gasteiger partial charge < -0.3 is 14.8 Å². The molecule has 2 heterocycles. The summed E-state index contributed by atoms with van der Waals surface area (Å²) in [5, 5.41) is 8.02. The van der Waals surface area contributed by atoms with Gasteiger partial charge in [-0.05, 0) is 47.8 Å². The molecule has 0 saturated heterocycles. The lowest BCUT2D eigenvalue weighted by Crippen LogP contribution is -2.41. The van der Waals surface area contributed by atoms with Gasteiger partial charge >= 0.3 is 0 Å². The van der Waals surface area contributed by atoms with Gasteiger partial charge in [-0.25, -0.2) is 0 Å². The van der Waals surface area contributed by atoms with E-state index in [1.807, 2.05) is 14.0 Å². The standard InChI is InChI=1S/C18H29BrN6/c1-13(10-25-15(3)7-14(2)22-25)9-21-18(20-4)24(6)12-17-8-16(19)11-23(17)5/h7-8,11,13H,9-10,12H2,1-6H3,(H,20,21). The quantitative estimate of drug-likeness (QED) is 0.590. The largest absolute Gasteiger partial charge is 0.356 e. The zero-order valence-electron chi connectivity index (χ0n) is 16.0. The third kappa shape index (κ3) is 5.36. The molecule has 0 fully saturated rings. The van der Waals surface area contributed by atoms with Gasteiger partial charge in [-0.15, -0.1) is 0 Å². The Morgan fingerprint density at radius 2 is 2.12 bits per heavy atom. The predicted octanol–water partition coefficient (Wildman–Crippen LogP) is 2.94. The highest BCUT2D eigenvalue weighted by atomic mass is 79.9. The molecule has 1 atom stereocenters. The second-order valence-electron chi connectivity index (χ2n) is 6.76. The van der Waals surface area contributed by atoms with E-state index in [4.69, 9.17) is 0 Å². The minimum absolute atomic E-state index is 0.451. The van der Waals surface area contributed by atoms with E-state index in [9.17, 15) is 0 Å². The fraction of sp³-hybridized carbons (Fsp3) is 0.556. The maximum Gasteiger partial charge on any atom is 0.193 e. The van der Waals surface area contributed by atoms with Crippen LogP contribution in [0.1, 0.15) is 24.0 Å². The van der Waals surface area contributed by atoms with Crippen molar-refractivity contribution in [2.24, 2.45) is 18.0 Å². The Morgan fingerprint density at radius 1 is 1.40 bits per heavy atom. The minimum Gasteiger partial charge on any atom is -0.356 e. The average Bonchev–Trinajstić information content (AvgIpc) is 3.00. The third-order valence-corrected chi connectivity index (χ3v) is 4.68. The fourth-order valence-electron chi connectivity index (χ4n) is 2.91. The van der Waals surface area contributed by atoms with Crippen LogP contribution in [0.25, 0.3) is 0 Å². The van der Waals surface area contributed by atoms with E-state index in [0.717, 1.165) is 35.8 Å². The monoisotopic (exact) mass is 408 g/mol. The van der Waals surface area contributed by atoms with E-state index in [0.29, 0.717) is 5.92 Å². The van der Waals surface area contributed by atoms with Crippen molar-refractivity contribution >= 4 is 21.9 Å². The number of aryl methyl sites for hydroxylation is 3. The normalized spacial score (nSPS) is 13.2. The van der Waals surface area contributed by atoms with Crippen molar-refractivity contribution in [1.29, 1.82) is 0 Å². The Labute approximate surface area is 159 Å². The summed E-state index contributed by atoms with van der Waals surface area (Å²) < 4.78 is 5.30. The molecule has 0 aromatic carbocycles. The summed E-state index contributed by atoms with van der Waals surface area (Å²) in [5.41, 5.74) is 3.51. The molecule has 2 aromatic rings. The van der Waals surface area contributed by atoms with Crippen LogP contribution in [-0.4, -0.2) is 45.8 Å². The van der Waals surface area contributed by atoms with Crippen LogP contribution in [0.3, 0.4) is 0 Å². The lowest BCUT2D eigenvalue weighted by molar-refractivity contribution is 0.415. The molecule has 7 heteroatoms. The van der Waals surface area contributed by atoms with E-state index >= 15 is 0 Å². The fourth-order valence-corrected chi connectivity index (χ4v) is 3.48. The lowest BCUT2D eigenvalue weighted by Gasteiger charge is -2.24. The molecule has 0 aliphatic rings. The molecular weight excluding hydrogens is 380 g/mol. The first-order valence-electron chi connectivity index (χ1n) is 8.53. The number of aliphatic imine (C=N–C) groups is 1. The van der Waals surface area contributed by atoms with Crippen molar-refractivity contribution in [3.63, 3.8) is 0 Å². The van der Waals surface area contributed by atoms with Gasteiger partial charge in [-0.3, -0.25) is 9.67 Å². The summed E-state index contributed by atoms with van der Waals surface area (Å²) in [5.74, 6) is 1.35. The average molecular weight is 409 g/mol. The Hall–Kier alpha value is -1.76. The molecule has 0 amide bonds. The van der Waals surface area contributed by atoms with Crippen LogP contribution in [0.4, 0.5) is 0 Å². The second-order valence-corrected chi connectivity index (χ2v) is 7.67. The Morgan fingerprint density at radius 3 is 2.64 bits per heavy atom. The number of nitrogens with one attached hydrogen (secondary N) is 1. The highest BCUT2D eigenvalue weighted by Gasteiger charge is 2.12. The molecule has 0 saturated carbocycles. The molecule has 0 spiro atoms. The van der Waals surface area contributed by atoms with Crippen molar-refractivity contribution in [2.45, 2.75) is 33.9 Å². The number of halogens is 1. The van der Waals surface area contributed by atoms with E-state index in [2.05, 4.69) is 91.8 Å². The number of aromatic nitrogens is 3. The van der Waals surface area contributed by atoms with Crippen molar-refractivity contribution < 1.29 is 0 Å². The summed E-state index contributed by atoms with van der Waals surface area (Å²) in [6.45, 7) is 8.92. The first-order chi connectivity index (χ1) is 11.8. The van der Waals surface area contributed by atoms with Crippen molar-refractivity contribution in [3.05, 3.63) is 39.9 Å². The van der Waals surface area contributed by atoms with Crippen LogP contribution in [-0.2, 0) is 20.1 Å². The zero-order chi connectivity index (χ0) is 18.6. The molecule has 25 heavy (non-hydrogen) atoms. The topological polar surface area (TPSA) is 50.4 Å². The molecule has 6 nitrogen and oxygen atoms in total. The number of guanidine groups is 1. The van der Waals surface area contributed by atoms with Crippen LogP contribution >= 0.6 is 15.9 Å². The van der Waals surface area contributed by atoms with Crippen molar-refractivity contribution in [3.8, 4) is 0 Å². The van der Waals surface area contributed by atoms with Gasteiger partial charge in [0, 0.05) is 56.3 Å². The van der Waals surface area contributed by atoms with Crippen LogP contribution in [0.5, 0.6) is 0 Å². The summed E-state index contributed by atoms with van der Waals surface area (Å²) in [4.78, 5) is 6.55. The Balaban J connectivity index is 1.88. The van der Waals surface area contributed by atoms with E-state index < -0.39 is 0 Å². The molecule has 0 aliphatic heterocycles. The molecule has 138 valence electrons. The summed E-state index contributed by atoms with van der Waals surface area (Å²) in [6.07, 6.45) is 2.07. The number of hydrogen-bond donors (Lipinski definition) is 1. The molecule has 0 radical (unpaired) electrons. The molecule has 2 aromatic heterocycles. The van der Waals surface area contributed by atoms with E-state index in [1.54, 1.807) is 0 Å². The first-order valence-corrected chi connectivity index (χ1v) is 9.33. The Kier molecular flexibility index (Phi) is 6.70. The van der Waals surface area contributed by atoms with Crippen LogP contribution < -0.4 is 5.32 Å². The number of rotatable bonds is 6. The van der Waals surface area contributed by atoms with Gasteiger partial charge in [-0.2, -0.15) is 5.10 Å². The molecule has 1 N–H and O–H groups in total. The summed E-state index contributed by atoms with van der Waals surface area (Å²) >= 11 is 3.52. The van der Waals surface area contributed by atoms with Crippen molar-refractivity contribution in [1.82, 2.24) is 24.6 Å². The lowest BCUT2D eigenvalue weighted by atomic mass is 10.2. The molecule has 1 unspecified atom stereocenters. The van der Waals surface area contributed by atoms with Crippen LogP contribution in [0.2, 0.25) is 0 Å². The maximum absolute atomic E-state index is 4.54. The third-order valence-electron chi connectivity index (χ3n) is 4.24. The number of nitrogens with zero attached hydrogens (tertiary/aromatic N) is 5. The van der Waals surface area contributed by atoms with Crippen LogP contribution in [0.15, 0.2) is 27.8 Å². The molecule has 2 rings (SSSR count). The van der Waals surface area contributed by atoms with E-state index in [1.165, 1.54) is 11.4 Å². The van der Waals surface area contributed by atoms with Gasteiger partial charge in [0.2, 0.25) is 0 Å². The smallest absolute Gasteiger partial charge is 0.193 e. The van der Waals surface area contributed by atoms with Gasteiger partial charge in [0.1, 0.15) is 0 Å². The number of hydrogen-bond acceptors (Lipinski definition) is 2. The second kappa shape index (κ2) is 8.56. The van der Waals surface area contributed by atoms with Gasteiger partial charge in [0.25, 0.3) is 0 Å². The molecular formula is C18H29BrN6. The molecule has 0 aliphatic carbocycles. The highest BCUT2D eigenvalue weighted by molar-refractivity contribution is 9.10. The van der Waals surface area contributed by atoms with Gasteiger partial charge in [0.05, 0.1) is 12.2 Å². The van der Waals surface area contributed by atoms with Crippen molar-refractivity contribution in [2.75, 3.05) is 20.6 Å². The minimum atomic E-state index is 0.451.